The third-order valence-corrected chi connectivity index (χ3v) is 3.74. The smallest absolute Gasteiger partial charge is 0.159 e. The van der Waals surface area contributed by atoms with E-state index < -0.39 is 0 Å². The first-order chi connectivity index (χ1) is 9.56. The molecule has 0 aliphatic rings. The summed E-state index contributed by atoms with van der Waals surface area (Å²) >= 11 is 3.17. The van der Waals surface area contributed by atoms with Crippen molar-refractivity contribution < 1.29 is 9.18 Å². The second-order valence-electron chi connectivity index (χ2n) is 4.47. The van der Waals surface area contributed by atoms with Crippen LogP contribution in [0.1, 0.15) is 17.3 Å². The molecular formula is C15H10BrFN2O. The lowest BCUT2D eigenvalue weighted by Gasteiger charge is -2.05. The fraction of sp³-hybridized carbons (Fsp3) is 0.0667. The highest BCUT2D eigenvalue weighted by atomic mass is 79.9. The molecule has 0 aliphatic carbocycles. The SMILES string of the molecule is CC(=O)c1ccc2c(c1)ncn2-c1ccc(F)c(Br)c1. The van der Waals surface area contributed by atoms with Crippen molar-refractivity contribution in [2.45, 2.75) is 6.92 Å². The number of aromatic nitrogens is 2. The van der Waals surface area contributed by atoms with Crippen LogP contribution in [-0.2, 0) is 0 Å². The van der Waals surface area contributed by atoms with Crippen LogP contribution in [-0.4, -0.2) is 15.3 Å². The Morgan fingerprint density at radius 2 is 2.05 bits per heavy atom. The van der Waals surface area contributed by atoms with Crippen molar-refractivity contribution in [3.63, 3.8) is 0 Å². The zero-order chi connectivity index (χ0) is 14.3. The zero-order valence-corrected chi connectivity index (χ0v) is 12.2. The summed E-state index contributed by atoms with van der Waals surface area (Å²) in [5.74, 6) is -0.303. The lowest BCUT2D eigenvalue weighted by molar-refractivity contribution is 0.101. The number of imidazole rings is 1. The minimum absolute atomic E-state index is 0.00553. The minimum atomic E-state index is -0.308. The highest BCUT2D eigenvalue weighted by molar-refractivity contribution is 9.10. The van der Waals surface area contributed by atoms with Crippen LogP contribution in [0.3, 0.4) is 0 Å². The van der Waals surface area contributed by atoms with Crippen LogP contribution in [0.5, 0.6) is 0 Å². The van der Waals surface area contributed by atoms with Gasteiger partial charge in [0, 0.05) is 11.3 Å². The summed E-state index contributed by atoms with van der Waals surface area (Å²) in [6.45, 7) is 1.52. The van der Waals surface area contributed by atoms with E-state index in [4.69, 9.17) is 0 Å². The van der Waals surface area contributed by atoms with Gasteiger partial charge in [0.25, 0.3) is 0 Å². The molecule has 100 valence electrons. The van der Waals surface area contributed by atoms with Crippen LogP contribution in [0.2, 0.25) is 0 Å². The van der Waals surface area contributed by atoms with Gasteiger partial charge in [-0.1, -0.05) is 0 Å². The Labute approximate surface area is 123 Å². The Bertz CT molecular complexity index is 826. The second-order valence-corrected chi connectivity index (χ2v) is 5.33. The minimum Gasteiger partial charge on any atom is -0.299 e. The van der Waals surface area contributed by atoms with Gasteiger partial charge in [-0.15, -0.1) is 0 Å². The van der Waals surface area contributed by atoms with E-state index in [2.05, 4.69) is 20.9 Å². The molecule has 0 spiro atoms. The largest absolute Gasteiger partial charge is 0.299 e. The summed E-state index contributed by atoms with van der Waals surface area (Å²) < 4.78 is 15.5. The van der Waals surface area contributed by atoms with Crippen LogP contribution in [0.25, 0.3) is 16.7 Å². The van der Waals surface area contributed by atoms with E-state index in [1.807, 2.05) is 10.6 Å². The van der Waals surface area contributed by atoms with Crippen molar-refractivity contribution in [1.29, 1.82) is 0 Å². The Morgan fingerprint density at radius 1 is 1.25 bits per heavy atom. The summed E-state index contributed by atoms with van der Waals surface area (Å²) in [4.78, 5) is 15.7. The molecule has 1 heterocycles. The molecule has 0 aliphatic heterocycles. The maximum Gasteiger partial charge on any atom is 0.159 e. The fourth-order valence-corrected chi connectivity index (χ4v) is 2.44. The normalized spacial score (nSPS) is 10.9. The third-order valence-electron chi connectivity index (χ3n) is 3.14. The number of rotatable bonds is 2. The van der Waals surface area contributed by atoms with Crippen LogP contribution < -0.4 is 0 Å². The van der Waals surface area contributed by atoms with Gasteiger partial charge in [-0.2, -0.15) is 0 Å². The third kappa shape index (κ3) is 2.14. The van der Waals surface area contributed by atoms with E-state index in [0.717, 1.165) is 16.7 Å². The zero-order valence-electron chi connectivity index (χ0n) is 10.6. The molecule has 0 bridgehead atoms. The molecule has 0 unspecified atom stereocenters. The lowest BCUT2D eigenvalue weighted by atomic mass is 10.1. The summed E-state index contributed by atoms with van der Waals surface area (Å²) in [6, 6.07) is 10.1. The summed E-state index contributed by atoms with van der Waals surface area (Å²) in [7, 11) is 0. The Balaban J connectivity index is 2.17. The van der Waals surface area contributed by atoms with Crippen molar-refractivity contribution in [2.75, 3.05) is 0 Å². The van der Waals surface area contributed by atoms with Crippen molar-refractivity contribution >= 4 is 32.7 Å². The van der Waals surface area contributed by atoms with Crippen molar-refractivity contribution in [2.24, 2.45) is 0 Å². The van der Waals surface area contributed by atoms with E-state index in [1.165, 1.54) is 13.0 Å². The van der Waals surface area contributed by atoms with Gasteiger partial charge >= 0.3 is 0 Å². The highest BCUT2D eigenvalue weighted by Crippen LogP contribution is 2.23. The average Bonchev–Trinajstić information content (AvgIpc) is 2.84. The number of fused-ring (bicyclic) bond motifs is 1. The average molecular weight is 333 g/mol. The number of hydrogen-bond acceptors (Lipinski definition) is 2. The molecule has 20 heavy (non-hydrogen) atoms. The molecule has 0 amide bonds. The van der Waals surface area contributed by atoms with E-state index in [9.17, 15) is 9.18 Å². The van der Waals surface area contributed by atoms with E-state index in [1.54, 1.807) is 30.6 Å². The van der Waals surface area contributed by atoms with Gasteiger partial charge in [0.1, 0.15) is 12.1 Å². The fourth-order valence-electron chi connectivity index (χ4n) is 2.07. The first-order valence-electron chi connectivity index (χ1n) is 6.00. The molecule has 3 nitrogen and oxygen atoms in total. The Kier molecular flexibility index (Phi) is 3.14. The van der Waals surface area contributed by atoms with Crippen molar-refractivity contribution in [3.05, 3.63) is 58.6 Å². The number of benzene rings is 2. The van der Waals surface area contributed by atoms with Gasteiger partial charge in [-0.05, 0) is 59.3 Å². The van der Waals surface area contributed by atoms with E-state index in [0.29, 0.717) is 10.0 Å². The number of nitrogens with zero attached hydrogens (tertiary/aromatic N) is 2. The van der Waals surface area contributed by atoms with Gasteiger partial charge in [-0.3, -0.25) is 9.36 Å². The van der Waals surface area contributed by atoms with Gasteiger partial charge in [0.15, 0.2) is 5.78 Å². The molecule has 3 rings (SSSR count). The molecule has 0 radical (unpaired) electrons. The predicted molar refractivity (Wildman–Crippen MR) is 78.7 cm³/mol. The molecule has 0 atom stereocenters. The number of ketones is 1. The van der Waals surface area contributed by atoms with Crippen LogP contribution in [0.15, 0.2) is 47.2 Å². The number of carbonyl (C=O) groups excluding carboxylic acids is 1. The summed E-state index contributed by atoms with van der Waals surface area (Å²) in [6.07, 6.45) is 1.66. The first-order valence-corrected chi connectivity index (χ1v) is 6.79. The van der Waals surface area contributed by atoms with E-state index >= 15 is 0 Å². The lowest BCUT2D eigenvalue weighted by Crippen LogP contribution is -1.94. The molecular weight excluding hydrogens is 323 g/mol. The summed E-state index contributed by atoms with van der Waals surface area (Å²) in [5.41, 5.74) is 3.03. The monoisotopic (exact) mass is 332 g/mol. The van der Waals surface area contributed by atoms with Gasteiger partial charge in [-0.25, -0.2) is 9.37 Å². The molecule has 3 aromatic rings. The first kappa shape index (κ1) is 13.0. The topological polar surface area (TPSA) is 34.9 Å². The summed E-state index contributed by atoms with van der Waals surface area (Å²) in [5, 5.41) is 0. The standard InChI is InChI=1S/C15H10BrFN2O/c1-9(20)10-2-5-15-14(6-10)18-8-19(15)11-3-4-13(17)12(16)7-11/h2-8H,1H3. The number of Topliss-reactive ketones (excluding diaryl/α,β-unsaturated/α-hetero) is 1. The maximum absolute atomic E-state index is 13.3. The Morgan fingerprint density at radius 3 is 2.75 bits per heavy atom. The van der Waals surface area contributed by atoms with Crippen molar-refractivity contribution in [1.82, 2.24) is 9.55 Å². The quantitative estimate of drug-likeness (QED) is 0.661. The van der Waals surface area contributed by atoms with E-state index in [-0.39, 0.29) is 11.6 Å². The van der Waals surface area contributed by atoms with Gasteiger partial charge in [0.2, 0.25) is 0 Å². The van der Waals surface area contributed by atoms with Crippen LogP contribution in [0, 0.1) is 5.82 Å². The molecule has 0 saturated heterocycles. The number of hydrogen-bond donors (Lipinski definition) is 0. The second kappa shape index (κ2) is 4.83. The van der Waals surface area contributed by atoms with Gasteiger partial charge < -0.3 is 0 Å². The number of halogens is 2. The maximum atomic E-state index is 13.3. The molecule has 5 heteroatoms. The molecule has 2 aromatic carbocycles. The predicted octanol–water partition coefficient (Wildman–Crippen LogP) is 4.13. The van der Waals surface area contributed by atoms with Gasteiger partial charge in [0.05, 0.1) is 15.5 Å². The van der Waals surface area contributed by atoms with Crippen LogP contribution >= 0.6 is 15.9 Å². The Hall–Kier alpha value is -2.01. The van der Waals surface area contributed by atoms with Crippen LogP contribution in [0.4, 0.5) is 4.39 Å². The number of carbonyl (C=O) groups is 1. The molecule has 1 aromatic heterocycles. The highest BCUT2D eigenvalue weighted by Gasteiger charge is 2.09. The molecule has 0 N–H and O–H groups in total. The van der Waals surface area contributed by atoms with Crippen molar-refractivity contribution in [3.8, 4) is 5.69 Å². The molecule has 0 fully saturated rings. The molecule has 0 saturated carbocycles.